The van der Waals surface area contributed by atoms with Gasteiger partial charge in [0.25, 0.3) is 0 Å². The van der Waals surface area contributed by atoms with Crippen molar-refractivity contribution in [2.45, 2.75) is 0 Å². The van der Waals surface area contributed by atoms with Gasteiger partial charge in [-0.15, -0.1) is 0 Å². The molecule has 0 bridgehead atoms. The fraction of sp³-hybridized carbons (Fsp3) is 0. The van der Waals surface area contributed by atoms with Gasteiger partial charge in [0.15, 0.2) is 0 Å². The number of halogens is 2. The highest BCUT2D eigenvalue weighted by Crippen LogP contribution is 2.42. The first-order valence-corrected chi connectivity index (χ1v) is 5.80. The minimum atomic E-state index is -0.191. The number of benzene rings is 1. The molecule has 0 saturated carbocycles. The number of thioether (sulfide) groups is 1. The van der Waals surface area contributed by atoms with E-state index in [9.17, 15) is 4.79 Å². The molecule has 1 aromatic rings. The molecule has 0 amide bonds. The molecule has 4 heteroatoms. The summed E-state index contributed by atoms with van der Waals surface area (Å²) in [7, 11) is 0. The van der Waals surface area contributed by atoms with Crippen LogP contribution in [0.25, 0.3) is 6.08 Å². The third kappa shape index (κ3) is 2.28. The Morgan fingerprint density at radius 2 is 1.73 bits per heavy atom. The zero-order valence-corrected chi connectivity index (χ0v) is 9.86. The Bertz CT molecular complexity index is 463. The van der Waals surface area contributed by atoms with Crippen LogP contribution in [0.5, 0.6) is 0 Å². The van der Waals surface area contributed by atoms with Crippen molar-refractivity contribution >= 4 is 46.2 Å². The summed E-state index contributed by atoms with van der Waals surface area (Å²) < 4.78 is 0. The Balaban J connectivity index is 2.35. The van der Waals surface area contributed by atoms with Crippen molar-refractivity contribution in [3.05, 3.63) is 50.9 Å². The van der Waals surface area contributed by atoms with Crippen LogP contribution in [0, 0.1) is 0 Å². The van der Waals surface area contributed by atoms with Gasteiger partial charge in [-0.05, 0) is 23.4 Å². The van der Waals surface area contributed by atoms with Crippen molar-refractivity contribution in [1.29, 1.82) is 0 Å². The summed E-state index contributed by atoms with van der Waals surface area (Å²) in [4.78, 5) is 11.9. The van der Waals surface area contributed by atoms with Crippen molar-refractivity contribution in [2.75, 3.05) is 0 Å². The quantitative estimate of drug-likeness (QED) is 0.756. The molecule has 0 radical (unpaired) electrons. The van der Waals surface area contributed by atoms with Gasteiger partial charge in [-0.1, -0.05) is 53.5 Å². The molecule has 1 aromatic carbocycles. The number of hydrogen-bond donors (Lipinski definition) is 0. The van der Waals surface area contributed by atoms with E-state index in [0.29, 0.717) is 9.94 Å². The molecule has 0 spiro atoms. The van der Waals surface area contributed by atoms with Crippen LogP contribution in [-0.2, 0) is 4.79 Å². The minimum Gasteiger partial charge on any atom is -0.280 e. The van der Waals surface area contributed by atoms with Gasteiger partial charge in [0.05, 0.1) is 5.03 Å². The summed E-state index contributed by atoms with van der Waals surface area (Å²) in [6.07, 6.45) is 1.85. The average Bonchev–Trinajstić information content (AvgIpc) is 2.48. The Morgan fingerprint density at radius 1 is 1.07 bits per heavy atom. The monoisotopic (exact) mass is 256 g/mol. The Morgan fingerprint density at radius 3 is 2.27 bits per heavy atom. The van der Waals surface area contributed by atoms with Gasteiger partial charge < -0.3 is 0 Å². The molecule has 1 nitrogen and oxygen atoms in total. The number of allylic oxidation sites excluding steroid dienone is 1. The first kappa shape index (κ1) is 10.8. The van der Waals surface area contributed by atoms with E-state index < -0.39 is 0 Å². The van der Waals surface area contributed by atoms with E-state index in [4.69, 9.17) is 23.2 Å². The standard InChI is InChI=1S/C11H6Cl2OS/c12-9-8(15-11(14)10(9)13)6-7-4-2-1-3-5-7/h1-6H/b8-6-. The summed E-state index contributed by atoms with van der Waals surface area (Å²) in [6.45, 7) is 0. The van der Waals surface area contributed by atoms with Crippen LogP contribution in [0.15, 0.2) is 45.3 Å². The van der Waals surface area contributed by atoms with Gasteiger partial charge in [0.2, 0.25) is 5.12 Å². The van der Waals surface area contributed by atoms with E-state index >= 15 is 0 Å². The van der Waals surface area contributed by atoms with Gasteiger partial charge in [-0.3, -0.25) is 4.79 Å². The maximum absolute atomic E-state index is 11.2. The van der Waals surface area contributed by atoms with Gasteiger partial charge in [-0.25, -0.2) is 0 Å². The molecule has 1 aliphatic heterocycles. The molecule has 1 heterocycles. The van der Waals surface area contributed by atoms with Gasteiger partial charge >= 0.3 is 0 Å². The fourth-order valence-electron chi connectivity index (χ4n) is 1.18. The predicted molar refractivity (Wildman–Crippen MR) is 65.7 cm³/mol. The SMILES string of the molecule is O=C1S/C(=C\c2ccccc2)C(Cl)=C1Cl. The van der Waals surface area contributed by atoms with E-state index in [1.165, 1.54) is 0 Å². The lowest BCUT2D eigenvalue weighted by atomic mass is 10.2. The zero-order chi connectivity index (χ0) is 10.8. The van der Waals surface area contributed by atoms with Gasteiger partial charge in [0.1, 0.15) is 5.03 Å². The van der Waals surface area contributed by atoms with Crippen molar-refractivity contribution in [3.8, 4) is 0 Å². The molecular weight excluding hydrogens is 251 g/mol. The summed E-state index contributed by atoms with van der Waals surface area (Å²) in [5.41, 5.74) is 0.998. The molecule has 0 N–H and O–H groups in total. The van der Waals surface area contributed by atoms with E-state index in [2.05, 4.69) is 0 Å². The summed E-state index contributed by atoms with van der Waals surface area (Å²) in [6, 6.07) is 9.66. The first-order valence-electron chi connectivity index (χ1n) is 4.23. The topological polar surface area (TPSA) is 17.1 Å². The fourth-order valence-corrected chi connectivity index (χ4v) is 2.54. The van der Waals surface area contributed by atoms with E-state index in [1.807, 2.05) is 36.4 Å². The molecule has 0 saturated heterocycles. The smallest absolute Gasteiger partial charge is 0.237 e. The second-order valence-electron chi connectivity index (χ2n) is 2.94. The van der Waals surface area contributed by atoms with E-state index in [-0.39, 0.29) is 10.1 Å². The highest BCUT2D eigenvalue weighted by atomic mass is 35.5. The highest BCUT2D eigenvalue weighted by molar-refractivity contribution is 8.18. The second-order valence-corrected chi connectivity index (χ2v) is 4.71. The Kier molecular flexibility index (Phi) is 3.19. The molecule has 0 fully saturated rings. The van der Waals surface area contributed by atoms with Crippen LogP contribution in [0.3, 0.4) is 0 Å². The van der Waals surface area contributed by atoms with Crippen LogP contribution in [0.2, 0.25) is 0 Å². The zero-order valence-electron chi connectivity index (χ0n) is 7.54. The molecule has 1 aliphatic rings. The molecule has 0 atom stereocenters. The third-order valence-electron chi connectivity index (χ3n) is 1.89. The third-order valence-corrected chi connectivity index (χ3v) is 3.89. The van der Waals surface area contributed by atoms with Gasteiger partial charge in [-0.2, -0.15) is 0 Å². The molecule has 0 aliphatic carbocycles. The largest absolute Gasteiger partial charge is 0.280 e. The maximum Gasteiger partial charge on any atom is 0.237 e. The Hall–Kier alpha value is -0.700. The van der Waals surface area contributed by atoms with E-state index in [0.717, 1.165) is 17.3 Å². The number of hydrogen-bond acceptors (Lipinski definition) is 2. The first-order chi connectivity index (χ1) is 7.18. The van der Waals surface area contributed by atoms with Crippen LogP contribution in [0.1, 0.15) is 5.56 Å². The number of rotatable bonds is 1. The maximum atomic E-state index is 11.2. The molecule has 76 valence electrons. The van der Waals surface area contributed by atoms with Crippen LogP contribution < -0.4 is 0 Å². The number of carbonyl (C=O) groups is 1. The van der Waals surface area contributed by atoms with Crippen LogP contribution in [-0.4, -0.2) is 5.12 Å². The summed E-state index contributed by atoms with van der Waals surface area (Å²) >= 11 is 12.7. The molecule has 2 rings (SSSR count). The van der Waals surface area contributed by atoms with Crippen molar-refractivity contribution in [1.82, 2.24) is 0 Å². The lowest BCUT2D eigenvalue weighted by Gasteiger charge is -1.96. The van der Waals surface area contributed by atoms with Crippen LogP contribution in [0.4, 0.5) is 0 Å². The second kappa shape index (κ2) is 4.44. The van der Waals surface area contributed by atoms with Crippen molar-refractivity contribution in [2.24, 2.45) is 0 Å². The molecule has 0 unspecified atom stereocenters. The molecular formula is C11H6Cl2OS. The lowest BCUT2D eigenvalue weighted by Crippen LogP contribution is -1.80. The molecule has 0 aromatic heterocycles. The van der Waals surface area contributed by atoms with E-state index in [1.54, 1.807) is 0 Å². The highest BCUT2D eigenvalue weighted by Gasteiger charge is 2.25. The predicted octanol–water partition coefficient (Wildman–Crippen LogP) is 3.99. The van der Waals surface area contributed by atoms with Crippen LogP contribution >= 0.6 is 35.0 Å². The number of carbonyl (C=O) groups excluding carboxylic acids is 1. The average molecular weight is 257 g/mol. The molecule has 15 heavy (non-hydrogen) atoms. The van der Waals surface area contributed by atoms with Crippen molar-refractivity contribution < 1.29 is 4.79 Å². The normalized spacial score (nSPS) is 19.1. The lowest BCUT2D eigenvalue weighted by molar-refractivity contribution is -0.107. The summed E-state index contributed by atoms with van der Waals surface area (Å²) in [5, 5.41) is 0.267. The summed E-state index contributed by atoms with van der Waals surface area (Å²) in [5.74, 6) is 0. The minimum absolute atomic E-state index is 0.115. The van der Waals surface area contributed by atoms with Crippen molar-refractivity contribution in [3.63, 3.8) is 0 Å². The van der Waals surface area contributed by atoms with Gasteiger partial charge in [0, 0.05) is 4.91 Å². The Labute approximate surface area is 102 Å².